The largest absolute Gasteiger partial charge is 0.493 e. The smallest absolute Gasteiger partial charge is 0.257 e. The van der Waals surface area contributed by atoms with E-state index in [9.17, 15) is 22.0 Å². The zero-order valence-corrected chi connectivity index (χ0v) is 16.7. The number of halogens is 2. The predicted molar refractivity (Wildman–Crippen MR) is 101 cm³/mol. The maximum Gasteiger partial charge on any atom is 0.257 e. The average molecular weight is 426 g/mol. The molecular weight excluding hydrogens is 406 g/mol. The van der Waals surface area contributed by atoms with Crippen molar-refractivity contribution in [3.63, 3.8) is 0 Å². The predicted octanol–water partition coefficient (Wildman–Crippen LogP) is 2.13. The monoisotopic (exact) mass is 426 g/mol. The Balaban J connectivity index is 1.74. The standard InChI is InChI=1S/C19H20F2N2O5S/c1-27-17-6-4-14(12-18(17)28-2)29(25,26)23-9-7-22(8-10-23)19(24)15-11-13(20)3-5-16(15)21/h3-6,11-12H,7-10H2,1-2H3. The average Bonchev–Trinajstić information content (AvgIpc) is 2.74. The second kappa shape index (κ2) is 8.34. The van der Waals surface area contributed by atoms with Crippen LogP contribution in [0.15, 0.2) is 41.3 Å². The van der Waals surface area contributed by atoms with Crippen LogP contribution in [0.25, 0.3) is 0 Å². The molecule has 1 heterocycles. The lowest BCUT2D eigenvalue weighted by molar-refractivity contribution is 0.0692. The zero-order valence-electron chi connectivity index (χ0n) is 15.9. The molecule has 0 N–H and O–H groups in total. The number of methoxy groups -OCH3 is 2. The van der Waals surface area contributed by atoms with E-state index in [4.69, 9.17) is 9.47 Å². The van der Waals surface area contributed by atoms with E-state index in [0.29, 0.717) is 5.75 Å². The van der Waals surface area contributed by atoms with Crippen LogP contribution in [0.2, 0.25) is 0 Å². The molecule has 10 heteroatoms. The zero-order chi connectivity index (χ0) is 21.2. The van der Waals surface area contributed by atoms with E-state index < -0.39 is 27.6 Å². The normalized spacial score (nSPS) is 15.2. The van der Waals surface area contributed by atoms with E-state index in [1.807, 2.05) is 0 Å². The second-order valence-corrected chi connectivity index (χ2v) is 8.28. The highest BCUT2D eigenvalue weighted by Gasteiger charge is 2.31. The van der Waals surface area contributed by atoms with Crippen LogP contribution in [0.4, 0.5) is 8.78 Å². The Morgan fingerprint density at radius 1 is 0.931 bits per heavy atom. The van der Waals surface area contributed by atoms with E-state index >= 15 is 0 Å². The molecule has 1 aliphatic rings. The highest BCUT2D eigenvalue weighted by molar-refractivity contribution is 7.89. The summed E-state index contributed by atoms with van der Waals surface area (Å²) >= 11 is 0. The molecule has 2 aromatic rings. The van der Waals surface area contributed by atoms with Gasteiger partial charge in [-0.1, -0.05) is 0 Å². The van der Waals surface area contributed by atoms with Crippen LogP contribution >= 0.6 is 0 Å². The number of benzene rings is 2. The summed E-state index contributed by atoms with van der Waals surface area (Å²) in [4.78, 5) is 13.8. The summed E-state index contributed by atoms with van der Waals surface area (Å²) < 4.78 is 64.5. The van der Waals surface area contributed by atoms with E-state index in [0.717, 1.165) is 18.2 Å². The van der Waals surface area contributed by atoms with Gasteiger partial charge in [-0.25, -0.2) is 17.2 Å². The Morgan fingerprint density at radius 3 is 2.21 bits per heavy atom. The summed E-state index contributed by atoms with van der Waals surface area (Å²) in [5.74, 6) is -1.53. The van der Waals surface area contributed by atoms with Crippen LogP contribution in [0.1, 0.15) is 10.4 Å². The van der Waals surface area contributed by atoms with Crippen LogP contribution in [0.3, 0.4) is 0 Å². The first-order chi connectivity index (χ1) is 13.8. The topological polar surface area (TPSA) is 76.2 Å². The lowest BCUT2D eigenvalue weighted by Crippen LogP contribution is -2.50. The summed E-state index contributed by atoms with van der Waals surface area (Å²) in [6, 6.07) is 6.94. The molecule has 0 radical (unpaired) electrons. The van der Waals surface area contributed by atoms with Gasteiger partial charge in [0.05, 0.1) is 24.7 Å². The molecule has 0 bridgehead atoms. The molecule has 2 aromatic carbocycles. The van der Waals surface area contributed by atoms with Gasteiger partial charge in [0.25, 0.3) is 5.91 Å². The minimum Gasteiger partial charge on any atom is -0.493 e. The molecule has 0 unspecified atom stereocenters. The fraction of sp³-hybridized carbons (Fsp3) is 0.316. The summed E-state index contributed by atoms with van der Waals surface area (Å²) in [5.41, 5.74) is -0.374. The lowest BCUT2D eigenvalue weighted by atomic mass is 10.1. The molecule has 0 spiro atoms. The molecule has 7 nitrogen and oxygen atoms in total. The fourth-order valence-electron chi connectivity index (χ4n) is 3.09. The first-order valence-corrected chi connectivity index (χ1v) is 10.2. The Labute approximate surface area is 167 Å². The van der Waals surface area contributed by atoms with Gasteiger partial charge in [-0.3, -0.25) is 4.79 Å². The number of nitrogens with zero attached hydrogens (tertiary/aromatic N) is 2. The highest BCUT2D eigenvalue weighted by Crippen LogP contribution is 2.31. The van der Waals surface area contributed by atoms with Crippen molar-refractivity contribution in [3.05, 3.63) is 53.6 Å². The number of sulfonamides is 1. The molecule has 29 heavy (non-hydrogen) atoms. The van der Waals surface area contributed by atoms with Gasteiger partial charge < -0.3 is 14.4 Å². The second-order valence-electron chi connectivity index (χ2n) is 6.34. The molecule has 1 saturated heterocycles. The van der Waals surface area contributed by atoms with Crippen LogP contribution < -0.4 is 9.47 Å². The number of rotatable bonds is 5. The first kappa shape index (κ1) is 21.0. The Bertz CT molecular complexity index is 1020. The first-order valence-electron chi connectivity index (χ1n) is 8.74. The summed E-state index contributed by atoms with van der Waals surface area (Å²) in [7, 11) is -0.967. The van der Waals surface area contributed by atoms with Crippen molar-refractivity contribution in [1.82, 2.24) is 9.21 Å². The third-order valence-electron chi connectivity index (χ3n) is 4.68. The van der Waals surface area contributed by atoms with Gasteiger partial charge in [0.2, 0.25) is 10.0 Å². The molecule has 156 valence electrons. The number of amides is 1. The van der Waals surface area contributed by atoms with Crippen molar-refractivity contribution in [3.8, 4) is 11.5 Å². The van der Waals surface area contributed by atoms with Crippen molar-refractivity contribution < 1.29 is 31.5 Å². The fourth-order valence-corrected chi connectivity index (χ4v) is 4.53. The van der Waals surface area contributed by atoms with Gasteiger partial charge in [-0.2, -0.15) is 4.31 Å². The van der Waals surface area contributed by atoms with Gasteiger partial charge in [0.15, 0.2) is 11.5 Å². The van der Waals surface area contributed by atoms with Crippen molar-refractivity contribution in [2.24, 2.45) is 0 Å². The van der Waals surface area contributed by atoms with Crippen LogP contribution in [0, 0.1) is 11.6 Å². The molecule has 1 amide bonds. The SMILES string of the molecule is COc1ccc(S(=O)(=O)N2CCN(C(=O)c3cc(F)ccc3F)CC2)cc1OC. The van der Waals surface area contributed by atoms with Crippen molar-refractivity contribution in [2.75, 3.05) is 40.4 Å². The molecule has 0 saturated carbocycles. The Morgan fingerprint density at radius 2 is 1.59 bits per heavy atom. The molecule has 1 fully saturated rings. The third-order valence-corrected chi connectivity index (χ3v) is 6.57. The summed E-state index contributed by atoms with van der Waals surface area (Å²) in [6.07, 6.45) is 0. The summed E-state index contributed by atoms with van der Waals surface area (Å²) in [5, 5.41) is 0. The minimum atomic E-state index is -3.82. The number of carbonyl (C=O) groups is 1. The highest BCUT2D eigenvalue weighted by atomic mass is 32.2. The lowest BCUT2D eigenvalue weighted by Gasteiger charge is -2.34. The number of hydrogen-bond donors (Lipinski definition) is 0. The van der Waals surface area contributed by atoms with E-state index in [2.05, 4.69) is 0 Å². The van der Waals surface area contributed by atoms with Gasteiger partial charge in [0.1, 0.15) is 11.6 Å². The molecule has 3 rings (SSSR count). The summed E-state index contributed by atoms with van der Waals surface area (Å²) in [6.45, 7) is 0.168. The molecular formula is C19H20F2N2O5S. The minimum absolute atomic E-state index is 0.0271. The third kappa shape index (κ3) is 4.18. The molecule has 0 atom stereocenters. The van der Waals surface area contributed by atoms with Crippen molar-refractivity contribution in [2.45, 2.75) is 4.90 Å². The van der Waals surface area contributed by atoms with E-state index in [1.165, 1.54) is 41.6 Å². The maximum atomic E-state index is 13.9. The quantitative estimate of drug-likeness (QED) is 0.732. The van der Waals surface area contributed by atoms with Crippen LogP contribution in [0.5, 0.6) is 11.5 Å². The van der Waals surface area contributed by atoms with Crippen LogP contribution in [-0.2, 0) is 10.0 Å². The van der Waals surface area contributed by atoms with E-state index in [1.54, 1.807) is 0 Å². The number of hydrogen-bond acceptors (Lipinski definition) is 5. The maximum absolute atomic E-state index is 13.9. The number of ether oxygens (including phenoxy) is 2. The molecule has 1 aliphatic heterocycles. The van der Waals surface area contributed by atoms with Gasteiger partial charge in [-0.05, 0) is 30.3 Å². The number of piperazine rings is 1. The molecule has 0 aromatic heterocycles. The Hall–Kier alpha value is -2.72. The van der Waals surface area contributed by atoms with Crippen molar-refractivity contribution >= 4 is 15.9 Å². The van der Waals surface area contributed by atoms with Gasteiger partial charge in [0, 0.05) is 32.2 Å². The van der Waals surface area contributed by atoms with Gasteiger partial charge >= 0.3 is 0 Å². The van der Waals surface area contributed by atoms with Crippen LogP contribution in [-0.4, -0.2) is 63.9 Å². The number of carbonyl (C=O) groups excluding carboxylic acids is 1. The molecule has 0 aliphatic carbocycles. The van der Waals surface area contributed by atoms with Crippen molar-refractivity contribution in [1.29, 1.82) is 0 Å². The van der Waals surface area contributed by atoms with E-state index in [-0.39, 0.29) is 42.4 Å². The Kier molecular flexibility index (Phi) is 6.04. The van der Waals surface area contributed by atoms with Gasteiger partial charge in [-0.15, -0.1) is 0 Å².